The number of nitrogens with zero attached hydrogens (tertiary/aromatic N) is 1. The predicted octanol–water partition coefficient (Wildman–Crippen LogP) is 1.35. The molecule has 1 rings (SSSR count). The second-order valence-corrected chi connectivity index (χ2v) is 7.05. The van der Waals surface area contributed by atoms with Crippen molar-refractivity contribution in [2.24, 2.45) is 23.7 Å². The quantitative estimate of drug-likeness (QED) is 0.775. The van der Waals surface area contributed by atoms with Gasteiger partial charge in [-0.25, -0.2) is 0 Å². The molecule has 1 fully saturated rings. The van der Waals surface area contributed by atoms with E-state index in [-0.39, 0.29) is 36.1 Å². The molecule has 0 radical (unpaired) electrons. The fourth-order valence-electron chi connectivity index (χ4n) is 2.78. The van der Waals surface area contributed by atoms with E-state index in [0.717, 1.165) is 0 Å². The fourth-order valence-corrected chi connectivity index (χ4v) is 2.78. The average Bonchev–Trinajstić information content (AvgIpc) is 2.76. The molecular weight excluding hydrogens is 284 g/mol. The van der Waals surface area contributed by atoms with Crippen molar-refractivity contribution in [3.05, 3.63) is 0 Å². The van der Waals surface area contributed by atoms with Crippen molar-refractivity contribution in [2.75, 3.05) is 13.1 Å². The van der Waals surface area contributed by atoms with Crippen LogP contribution in [-0.4, -0.2) is 46.9 Å². The summed E-state index contributed by atoms with van der Waals surface area (Å²) in [4.78, 5) is 37.3. The third-order valence-corrected chi connectivity index (χ3v) is 4.08. The van der Waals surface area contributed by atoms with E-state index < -0.39 is 17.9 Å². The van der Waals surface area contributed by atoms with Crippen LogP contribution in [0.15, 0.2) is 0 Å². The van der Waals surface area contributed by atoms with Gasteiger partial charge in [0.15, 0.2) is 0 Å². The van der Waals surface area contributed by atoms with Crippen LogP contribution in [-0.2, 0) is 14.4 Å². The minimum atomic E-state index is -0.868. The first-order chi connectivity index (χ1) is 10.1. The van der Waals surface area contributed by atoms with E-state index in [9.17, 15) is 14.4 Å². The zero-order valence-corrected chi connectivity index (χ0v) is 14.1. The van der Waals surface area contributed by atoms with E-state index in [1.165, 1.54) is 0 Å². The van der Waals surface area contributed by atoms with Crippen molar-refractivity contribution in [1.82, 2.24) is 10.2 Å². The molecule has 1 aliphatic heterocycles. The van der Waals surface area contributed by atoms with Gasteiger partial charge in [0.1, 0.15) is 6.04 Å². The summed E-state index contributed by atoms with van der Waals surface area (Å²) in [5, 5.41) is 12.0. The summed E-state index contributed by atoms with van der Waals surface area (Å²) in [6.07, 6.45) is 0.380. The number of carboxylic acid groups (broad SMARTS) is 1. The number of carbonyl (C=O) groups is 3. The van der Waals surface area contributed by atoms with Crippen LogP contribution in [0.4, 0.5) is 0 Å². The average molecular weight is 312 g/mol. The van der Waals surface area contributed by atoms with E-state index in [1.807, 2.05) is 34.6 Å². The number of hydrogen-bond donors (Lipinski definition) is 2. The van der Waals surface area contributed by atoms with Gasteiger partial charge in [-0.1, -0.05) is 34.6 Å². The molecule has 6 nitrogen and oxygen atoms in total. The molecule has 6 heteroatoms. The van der Waals surface area contributed by atoms with Crippen LogP contribution in [0.2, 0.25) is 0 Å². The van der Waals surface area contributed by atoms with Crippen molar-refractivity contribution >= 4 is 17.8 Å². The molecule has 3 atom stereocenters. The number of carbonyl (C=O) groups excluding carboxylic acids is 2. The van der Waals surface area contributed by atoms with Crippen molar-refractivity contribution in [3.63, 3.8) is 0 Å². The zero-order chi connectivity index (χ0) is 17.0. The molecule has 1 heterocycles. The van der Waals surface area contributed by atoms with Gasteiger partial charge in [0.25, 0.3) is 0 Å². The first-order valence-electron chi connectivity index (χ1n) is 7.94. The van der Waals surface area contributed by atoms with E-state index in [1.54, 1.807) is 4.90 Å². The smallest absolute Gasteiger partial charge is 0.308 e. The lowest BCUT2D eigenvalue weighted by Crippen LogP contribution is -2.51. The largest absolute Gasteiger partial charge is 0.481 e. The van der Waals surface area contributed by atoms with Crippen molar-refractivity contribution in [1.29, 1.82) is 0 Å². The van der Waals surface area contributed by atoms with Crippen LogP contribution < -0.4 is 5.32 Å². The zero-order valence-electron chi connectivity index (χ0n) is 14.1. The van der Waals surface area contributed by atoms with Crippen LogP contribution in [0.25, 0.3) is 0 Å². The number of nitrogens with one attached hydrogen (secondary N) is 1. The van der Waals surface area contributed by atoms with Crippen molar-refractivity contribution in [2.45, 2.75) is 47.1 Å². The summed E-state index contributed by atoms with van der Waals surface area (Å²) in [5.74, 6) is -1.59. The van der Waals surface area contributed by atoms with Gasteiger partial charge in [0.2, 0.25) is 11.8 Å². The molecule has 1 unspecified atom stereocenters. The summed E-state index contributed by atoms with van der Waals surface area (Å²) in [5.41, 5.74) is 0. The highest BCUT2D eigenvalue weighted by Gasteiger charge is 2.39. The van der Waals surface area contributed by atoms with Gasteiger partial charge < -0.3 is 15.3 Å². The normalized spacial score (nSPS) is 23.0. The highest BCUT2D eigenvalue weighted by atomic mass is 16.4. The Morgan fingerprint density at radius 1 is 1.18 bits per heavy atom. The first kappa shape index (κ1) is 18.5. The van der Waals surface area contributed by atoms with E-state index in [2.05, 4.69) is 5.32 Å². The Bertz CT molecular complexity index is 434. The number of aliphatic carboxylic acids is 1. The Morgan fingerprint density at radius 2 is 1.77 bits per heavy atom. The second kappa shape index (κ2) is 7.61. The van der Waals surface area contributed by atoms with Gasteiger partial charge >= 0.3 is 5.97 Å². The highest BCUT2D eigenvalue weighted by Crippen LogP contribution is 2.24. The Balaban J connectivity index is 2.74. The lowest BCUT2D eigenvalue weighted by atomic mass is 9.99. The molecular formula is C16H28N2O4. The third kappa shape index (κ3) is 4.71. The molecule has 0 aromatic carbocycles. The van der Waals surface area contributed by atoms with Crippen LogP contribution in [0.3, 0.4) is 0 Å². The summed E-state index contributed by atoms with van der Waals surface area (Å²) in [7, 11) is 0. The highest BCUT2D eigenvalue weighted by molar-refractivity contribution is 5.88. The molecule has 1 aliphatic rings. The third-order valence-electron chi connectivity index (χ3n) is 4.08. The Labute approximate surface area is 132 Å². The molecule has 1 saturated heterocycles. The maximum atomic E-state index is 12.6. The molecule has 0 aromatic rings. The molecule has 0 spiro atoms. The summed E-state index contributed by atoms with van der Waals surface area (Å²) in [6, 6.07) is -0.592. The summed E-state index contributed by atoms with van der Waals surface area (Å²) < 4.78 is 0. The molecule has 0 aliphatic carbocycles. The van der Waals surface area contributed by atoms with Gasteiger partial charge in [-0.15, -0.1) is 0 Å². The van der Waals surface area contributed by atoms with Crippen LogP contribution in [0, 0.1) is 23.7 Å². The Morgan fingerprint density at radius 3 is 2.18 bits per heavy atom. The first-order valence-corrected chi connectivity index (χ1v) is 7.94. The summed E-state index contributed by atoms with van der Waals surface area (Å²) in [6.45, 7) is 10.2. The molecule has 0 bridgehead atoms. The van der Waals surface area contributed by atoms with E-state index in [0.29, 0.717) is 13.0 Å². The maximum Gasteiger partial charge on any atom is 0.308 e. The van der Waals surface area contributed by atoms with Gasteiger partial charge in [-0.05, 0) is 17.8 Å². The molecule has 2 N–H and O–H groups in total. The topological polar surface area (TPSA) is 86.7 Å². The van der Waals surface area contributed by atoms with Gasteiger partial charge in [0.05, 0.1) is 5.92 Å². The SMILES string of the molecule is CC(C)CC(=O)NC(C(=O)N1C[C@@H](C)[C@H](C(=O)O)C1)C(C)C. The molecule has 22 heavy (non-hydrogen) atoms. The number of amides is 2. The molecule has 0 aromatic heterocycles. The van der Waals surface area contributed by atoms with Crippen LogP contribution in [0.5, 0.6) is 0 Å². The van der Waals surface area contributed by atoms with Crippen molar-refractivity contribution < 1.29 is 19.5 Å². The van der Waals surface area contributed by atoms with Crippen LogP contribution >= 0.6 is 0 Å². The minimum absolute atomic E-state index is 0.0391. The van der Waals surface area contributed by atoms with Gasteiger partial charge in [0, 0.05) is 19.5 Å². The monoisotopic (exact) mass is 312 g/mol. The number of rotatable bonds is 6. The van der Waals surface area contributed by atoms with Gasteiger partial charge in [-0.2, -0.15) is 0 Å². The maximum absolute atomic E-state index is 12.6. The summed E-state index contributed by atoms with van der Waals surface area (Å²) >= 11 is 0. The fraction of sp³-hybridized carbons (Fsp3) is 0.812. The standard InChI is InChI=1S/C16H28N2O4/c1-9(2)6-13(19)17-14(10(3)4)15(20)18-7-11(5)12(8-18)16(21)22/h9-12,14H,6-8H2,1-5H3,(H,17,19)(H,21,22)/t11-,12-,14?/m1/s1. The lowest BCUT2D eigenvalue weighted by molar-refractivity contribution is -0.142. The number of carboxylic acids is 1. The van der Waals surface area contributed by atoms with Crippen LogP contribution in [0.1, 0.15) is 41.0 Å². The van der Waals surface area contributed by atoms with E-state index >= 15 is 0 Å². The van der Waals surface area contributed by atoms with E-state index in [4.69, 9.17) is 5.11 Å². The lowest BCUT2D eigenvalue weighted by Gasteiger charge is -2.27. The Hall–Kier alpha value is -1.59. The molecule has 126 valence electrons. The number of hydrogen-bond acceptors (Lipinski definition) is 3. The number of likely N-dealkylation sites (tertiary alicyclic amines) is 1. The van der Waals surface area contributed by atoms with Gasteiger partial charge in [-0.3, -0.25) is 14.4 Å². The predicted molar refractivity (Wildman–Crippen MR) is 83.1 cm³/mol. The van der Waals surface area contributed by atoms with Crippen molar-refractivity contribution in [3.8, 4) is 0 Å². The molecule has 0 saturated carbocycles. The minimum Gasteiger partial charge on any atom is -0.481 e. The molecule has 2 amide bonds. The second-order valence-electron chi connectivity index (χ2n) is 7.05. The Kier molecular flexibility index (Phi) is 6.38.